The number of hydrogen-bond donors (Lipinski definition) is 1. The number of halogens is 1. The van der Waals surface area contributed by atoms with Crippen molar-refractivity contribution >= 4 is 33.2 Å². The van der Waals surface area contributed by atoms with Gasteiger partial charge in [0.25, 0.3) is 5.91 Å². The van der Waals surface area contributed by atoms with Crippen molar-refractivity contribution in [2.24, 2.45) is 10.2 Å². The molecule has 1 atom stereocenters. The highest BCUT2D eigenvalue weighted by molar-refractivity contribution is 7.89. The van der Waals surface area contributed by atoms with Crippen LogP contribution in [0.2, 0.25) is 5.02 Å². The first kappa shape index (κ1) is 20.3. The number of nitrogens with two attached hydrogens (primary N) is 1. The molecule has 1 heterocycles. The molecule has 0 fully saturated rings. The van der Waals surface area contributed by atoms with Gasteiger partial charge in [0.1, 0.15) is 0 Å². The summed E-state index contributed by atoms with van der Waals surface area (Å²) in [6.07, 6.45) is 0. The molecule has 0 saturated heterocycles. The number of carbonyl (C=O) groups excluding carboxylic acids is 1. The lowest BCUT2D eigenvalue weighted by molar-refractivity contribution is 0.0770. The molecule has 4 rings (SSSR count). The van der Waals surface area contributed by atoms with Gasteiger partial charge in [-0.05, 0) is 35.4 Å². The summed E-state index contributed by atoms with van der Waals surface area (Å²) >= 11 is 6.02. The monoisotopic (exact) mass is 439 g/mol. The van der Waals surface area contributed by atoms with Crippen LogP contribution in [0.3, 0.4) is 0 Å². The maximum Gasteiger partial charge on any atom is 0.275 e. The Hall–Kier alpha value is -3.00. The van der Waals surface area contributed by atoms with Crippen molar-refractivity contribution in [3.05, 3.63) is 101 Å². The zero-order valence-corrected chi connectivity index (χ0v) is 17.3. The summed E-state index contributed by atoms with van der Waals surface area (Å²) in [6.45, 7) is 0.278. The molecule has 0 bridgehead atoms. The van der Waals surface area contributed by atoms with Crippen LogP contribution in [0, 0.1) is 0 Å². The molecule has 6 nitrogen and oxygen atoms in total. The Balaban J connectivity index is 1.77. The van der Waals surface area contributed by atoms with Gasteiger partial charge in [-0.2, -0.15) is 5.10 Å². The largest absolute Gasteiger partial charge is 0.275 e. The molecule has 1 unspecified atom stereocenters. The van der Waals surface area contributed by atoms with E-state index in [1.165, 1.54) is 23.2 Å². The molecule has 1 amide bonds. The lowest BCUT2D eigenvalue weighted by atomic mass is 9.90. The van der Waals surface area contributed by atoms with Gasteiger partial charge in [-0.1, -0.05) is 66.2 Å². The smallest absolute Gasteiger partial charge is 0.267 e. The van der Waals surface area contributed by atoms with Crippen molar-refractivity contribution in [1.82, 2.24) is 5.01 Å². The third kappa shape index (κ3) is 4.00. The molecule has 0 aliphatic carbocycles. The minimum absolute atomic E-state index is 0.00656. The van der Waals surface area contributed by atoms with E-state index in [0.717, 1.165) is 11.1 Å². The summed E-state index contributed by atoms with van der Waals surface area (Å²) in [6, 6.07) is 22.8. The lowest BCUT2D eigenvalue weighted by Gasteiger charge is -2.16. The molecule has 0 saturated carbocycles. The van der Waals surface area contributed by atoms with Gasteiger partial charge >= 0.3 is 0 Å². The molecule has 3 aromatic carbocycles. The first-order valence-corrected chi connectivity index (χ1v) is 11.1. The first-order valence-electron chi connectivity index (χ1n) is 9.17. The number of carbonyl (C=O) groups is 1. The fraction of sp³-hybridized carbons (Fsp3) is 0.0909. The number of amides is 1. The zero-order valence-electron chi connectivity index (χ0n) is 15.8. The average Bonchev–Trinajstić information content (AvgIpc) is 3.19. The molecule has 8 heteroatoms. The second-order valence-electron chi connectivity index (χ2n) is 6.88. The number of hydrogen-bond acceptors (Lipinski definition) is 4. The molecular weight excluding hydrogens is 422 g/mol. The Morgan fingerprint density at radius 3 is 2.27 bits per heavy atom. The highest BCUT2D eigenvalue weighted by atomic mass is 35.5. The van der Waals surface area contributed by atoms with Gasteiger partial charge in [0.05, 0.1) is 22.7 Å². The highest BCUT2D eigenvalue weighted by Gasteiger charge is 2.34. The molecule has 152 valence electrons. The Labute approximate surface area is 179 Å². The molecular formula is C22H18ClN3O3S. The van der Waals surface area contributed by atoms with Gasteiger partial charge in [-0.3, -0.25) is 4.79 Å². The van der Waals surface area contributed by atoms with Crippen LogP contribution < -0.4 is 5.14 Å². The SMILES string of the molecule is NS(=O)(=O)c1ccccc1C(=O)N1CC(c2ccccc2)C(c2ccc(Cl)cc2)=N1. The Morgan fingerprint density at radius 1 is 0.967 bits per heavy atom. The molecule has 30 heavy (non-hydrogen) atoms. The Bertz CT molecular complexity index is 1230. The van der Waals surface area contributed by atoms with Gasteiger partial charge in [0, 0.05) is 10.9 Å². The number of primary sulfonamides is 1. The molecule has 1 aliphatic rings. The van der Waals surface area contributed by atoms with Crippen LogP contribution in [0.25, 0.3) is 0 Å². The van der Waals surface area contributed by atoms with E-state index < -0.39 is 15.9 Å². The molecule has 3 aromatic rings. The van der Waals surface area contributed by atoms with Crippen LogP contribution >= 0.6 is 11.6 Å². The van der Waals surface area contributed by atoms with Crippen LogP contribution in [0.5, 0.6) is 0 Å². The first-order chi connectivity index (χ1) is 14.3. The topological polar surface area (TPSA) is 92.8 Å². The van der Waals surface area contributed by atoms with Gasteiger partial charge in [-0.25, -0.2) is 18.6 Å². The van der Waals surface area contributed by atoms with Crippen LogP contribution in [0.15, 0.2) is 88.9 Å². The maximum atomic E-state index is 13.2. The Kier molecular flexibility index (Phi) is 5.42. The number of hydrazone groups is 1. The van der Waals surface area contributed by atoms with Crippen LogP contribution in [-0.4, -0.2) is 31.6 Å². The molecule has 0 spiro atoms. The van der Waals surface area contributed by atoms with E-state index in [1.807, 2.05) is 42.5 Å². The molecule has 0 aromatic heterocycles. The summed E-state index contributed by atoms with van der Waals surface area (Å²) in [4.78, 5) is 13.0. The quantitative estimate of drug-likeness (QED) is 0.672. The summed E-state index contributed by atoms with van der Waals surface area (Å²) in [5.74, 6) is -0.692. The van der Waals surface area contributed by atoms with Gasteiger partial charge in [0.2, 0.25) is 10.0 Å². The van der Waals surface area contributed by atoms with E-state index in [1.54, 1.807) is 18.2 Å². The predicted octanol–water partition coefficient (Wildman–Crippen LogP) is 3.63. The van der Waals surface area contributed by atoms with Crippen LogP contribution in [0.1, 0.15) is 27.4 Å². The summed E-state index contributed by atoms with van der Waals surface area (Å²) in [7, 11) is -4.05. The third-order valence-corrected chi connectivity index (χ3v) is 6.14. The van der Waals surface area contributed by atoms with E-state index in [-0.39, 0.29) is 22.9 Å². The van der Waals surface area contributed by atoms with Gasteiger partial charge in [-0.15, -0.1) is 0 Å². The van der Waals surface area contributed by atoms with Gasteiger partial charge < -0.3 is 0 Å². The van der Waals surface area contributed by atoms with E-state index >= 15 is 0 Å². The van der Waals surface area contributed by atoms with E-state index in [9.17, 15) is 13.2 Å². The average molecular weight is 440 g/mol. The van der Waals surface area contributed by atoms with Crippen molar-refractivity contribution in [2.45, 2.75) is 10.8 Å². The van der Waals surface area contributed by atoms with E-state index in [4.69, 9.17) is 16.7 Å². The van der Waals surface area contributed by atoms with Crippen molar-refractivity contribution in [3.63, 3.8) is 0 Å². The fourth-order valence-corrected chi connectivity index (χ4v) is 4.34. The fourth-order valence-electron chi connectivity index (χ4n) is 3.49. The number of nitrogens with zero attached hydrogens (tertiary/aromatic N) is 2. The number of rotatable bonds is 4. The third-order valence-electron chi connectivity index (χ3n) is 4.91. The predicted molar refractivity (Wildman–Crippen MR) is 116 cm³/mol. The molecule has 0 radical (unpaired) electrons. The Morgan fingerprint density at radius 2 is 1.60 bits per heavy atom. The van der Waals surface area contributed by atoms with Crippen molar-refractivity contribution < 1.29 is 13.2 Å². The molecule has 2 N–H and O–H groups in total. The maximum absolute atomic E-state index is 13.2. The van der Waals surface area contributed by atoms with Crippen molar-refractivity contribution in [1.29, 1.82) is 0 Å². The molecule has 1 aliphatic heterocycles. The second-order valence-corrected chi connectivity index (χ2v) is 8.85. The normalized spacial score (nSPS) is 16.4. The van der Waals surface area contributed by atoms with Crippen molar-refractivity contribution in [3.8, 4) is 0 Å². The number of benzene rings is 3. The summed E-state index contributed by atoms with van der Waals surface area (Å²) in [5, 5.41) is 11.8. The minimum Gasteiger partial charge on any atom is -0.267 e. The second kappa shape index (κ2) is 8.02. The van der Waals surface area contributed by atoms with Crippen LogP contribution in [-0.2, 0) is 10.0 Å². The van der Waals surface area contributed by atoms with E-state index in [2.05, 4.69) is 5.10 Å². The summed E-state index contributed by atoms with van der Waals surface area (Å²) in [5.41, 5.74) is 2.54. The zero-order chi connectivity index (χ0) is 21.3. The van der Waals surface area contributed by atoms with Gasteiger partial charge in [0.15, 0.2) is 0 Å². The highest BCUT2D eigenvalue weighted by Crippen LogP contribution is 2.31. The standard InChI is InChI=1S/C22H18ClN3O3S/c23-17-12-10-16(11-13-17)21-19(15-6-2-1-3-7-15)14-26(25-21)22(27)18-8-4-5-9-20(18)30(24,28)29/h1-13,19H,14H2,(H2,24,28,29). The van der Waals surface area contributed by atoms with E-state index in [0.29, 0.717) is 10.7 Å². The lowest BCUT2D eigenvalue weighted by Crippen LogP contribution is -2.28. The minimum atomic E-state index is -4.05. The summed E-state index contributed by atoms with van der Waals surface area (Å²) < 4.78 is 23.9. The number of sulfonamides is 1. The van der Waals surface area contributed by atoms with Crippen molar-refractivity contribution in [2.75, 3.05) is 6.54 Å². The van der Waals surface area contributed by atoms with Crippen LogP contribution in [0.4, 0.5) is 0 Å².